The Bertz CT molecular complexity index is 698. The summed E-state index contributed by atoms with van der Waals surface area (Å²) in [6.45, 7) is -0.776. The summed E-state index contributed by atoms with van der Waals surface area (Å²) in [6.07, 6.45) is -2.96. The summed E-state index contributed by atoms with van der Waals surface area (Å²) in [5.41, 5.74) is -0.665. The standard InChI is InChI=1S/C11H11F2N3O4/c12-11(13)7(18)6(4-17)20-9(11)16-3-5-1-2-14-8(5)15-10(16)19/h1-3,6-7,9,17-18H,4H2,(H,14,15,19)/t6-,7-,9-/m1/s1. The molecule has 0 aliphatic carbocycles. The van der Waals surface area contributed by atoms with Gasteiger partial charge in [-0.2, -0.15) is 13.8 Å². The molecule has 1 fully saturated rings. The molecule has 1 aliphatic heterocycles. The average Bonchev–Trinajstić information content (AvgIpc) is 2.93. The van der Waals surface area contributed by atoms with Crippen LogP contribution >= 0.6 is 0 Å². The van der Waals surface area contributed by atoms with Crippen molar-refractivity contribution in [1.29, 1.82) is 0 Å². The van der Waals surface area contributed by atoms with E-state index < -0.39 is 36.7 Å². The van der Waals surface area contributed by atoms with Crippen molar-refractivity contribution in [3.8, 4) is 0 Å². The topological polar surface area (TPSA) is 100 Å². The summed E-state index contributed by atoms with van der Waals surface area (Å²) in [5.74, 6) is -3.71. The molecule has 0 radical (unpaired) electrons. The molecule has 0 saturated carbocycles. The van der Waals surface area contributed by atoms with Crippen molar-refractivity contribution in [2.24, 2.45) is 0 Å². The van der Waals surface area contributed by atoms with Crippen molar-refractivity contribution < 1.29 is 23.7 Å². The Morgan fingerprint density at radius 3 is 2.95 bits per heavy atom. The molecule has 2 aromatic rings. The molecule has 0 unspecified atom stereocenters. The summed E-state index contributed by atoms with van der Waals surface area (Å²) in [6, 6.07) is 1.56. The number of aromatic nitrogens is 3. The molecular formula is C11H11F2N3O4. The van der Waals surface area contributed by atoms with Crippen LogP contribution < -0.4 is 5.69 Å². The molecule has 0 bridgehead atoms. The smallest absolute Gasteiger partial charge is 0.351 e. The first-order valence-electron chi connectivity index (χ1n) is 5.83. The highest BCUT2D eigenvalue weighted by atomic mass is 19.3. The lowest BCUT2D eigenvalue weighted by atomic mass is 10.1. The highest BCUT2D eigenvalue weighted by molar-refractivity contribution is 5.73. The van der Waals surface area contributed by atoms with Crippen LogP contribution in [0.25, 0.3) is 11.0 Å². The van der Waals surface area contributed by atoms with Crippen LogP contribution in [0, 0.1) is 0 Å². The van der Waals surface area contributed by atoms with Gasteiger partial charge >= 0.3 is 11.6 Å². The van der Waals surface area contributed by atoms with E-state index in [4.69, 9.17) is 9.84 Å². The van der Waals surface area contributed by atoms with E-state index in [-0.39, 0.29) is 5.65 Å². The summed E-state index contributed by atoms with van der Waals surface area (Å²) < 4.78 is 33.4. The normalized spacial score (nSPS) is 29.1. The van der Waals surface area contributed by atoms with Gasteiger partial charge in [0, 0.05) is 17.8 Å². The number of fused-ring (bicyclic) bond motifs is 1. The number of nitrogens with one attached hydrogen (secondary N) is 1. The van der Waals surface area contributed by atoms with Crippen molar-refractivity contribution >= 4 is 11.0 Å². The number of hydrogen-bond donors (Lipinski definition) is 3. The number of H-pyrrole nitrogens is 1. The van der Waals surface area contributed by atoms with Gasteiger partial charge in [0.15, 0.2) is 6.10 Å². The maximum atomic E-state index is 13.9. The SMILES string of the molecule is O=c1nc2[nH]ccc2cn1[C@@H]1O[C@H](CO)[C@@H](O)C1(F)F. The minimum atomic E-state index is -3.71. The third-order valence-corrected chi connectivity index (χ3v) is 3.27. The Labute approximate surface area is 110 Å². The van der Waals surface area contributed by atoms with Crippen LogP contribution in [0.5, 0.6) is 0 Å². The van der Waals surface area contributed by atoms with Gasteiger partial charge in [-0.1, -0.05) is 0 Å². The second kappa shape index (κ2) is 4.33. The van der Waals surface area contributed by atoms with E-state index in [1.165, 1.54) is 12.4 Å². The van der Waals surface area contributed by atoms with Gasteiger partial charge in [-0.05, 0) is 6.07 Å². The molecule has 0 amide bonds. The van der Waals surface area contributed by atoms with Crippen molar-refractivity contribution in [2.45, 2.75) is 24.4 Å². The molecule has 7 nitrogen and oxygen atoms in total. The second-order valence-corrected chi connectivity index (χ2v) is 4.54. The lowest BCUT2D eigenvalue weighted by Crippen LogP contribution is -2.41. The van der Waals surface area contributed by atoms with Crippen LogP contribution in [0.3, 0.4) is 0 Å². The van der Waals surface area contributed by atoms with Gasteiger partial charge in [0.1, 0.15) is 11.8 Å². The van der Waals surface area contributed by atoms with Gasteiger partial charge in [0.05, 0.1) is 6.61 Å². The van der Waals surface area contributed by atoms with Crippen molar-refractivity contribution in [3.05, 3.63) is 28.9 Å². The lowest BCUT2D eigenvalue weighted by Gasteiger charge is -2.20. The number of halogens is 2. The van der Waals surface area contributed by atoms with E-state index in [1.54, 1.807) is 6.07 Å². The number of hydrogen-bond acceptors (Lipinski definition) is 5. The van der Waals surface area contributed by atoms with Crippen LogP contribution in [0.15, 0.2) is 23.3 Å². The number of rotatable bonds is 2. The molecular weight excluding hydrogens is 276 g/mol. The first-order chi connectivity index (χ1) is 9.45. The summed E-state index contributed by atoms with van der Waals surface area (Å²) in [7, 11) is 0. The molecule has 20 heavy (non-hydrogen) atoms. The van der Waals surface area contributed by atoms with Gasteiger partial charge in [-0.3, -0.25) is 4.57 Å². The molecule has 3 N–H and O–H groups in total. The van der Waals surface area contributed by atoms with Crippen LogP contribution in [0.4, 0.5) is 8.78 Å². The molecule has 3 atom stereocenters. The third-order valence-electron chi connectivity index (χ3n) is 3.27. The maximum absolute atomic E-state index is 13.9. The molecule has 2 aromatic heterocycles. The Morgan fingerprint density at radius 2 is 2.30 bits per heavy atom. The van der Waals surface area contributed by atoms with Gasteiger partial charge in [0.2, 0.25) is 6.23 Å². The zero-order valence-electron chi connectivity index (χ0n) is 10.0. The third kappa shape index (κ3) is 1.74. The van der Waals surface area contributed by atoms with Crippen molar-refractivity contribution in [2.75, 3.05) is 6.61 Å². The second-order valence-electron chi connectivity index (χ2n) is 4.54. The Kier molecular flexibility index (Phi) is 2.85. The van der Waals surface area contributed by atoms with Crippen molar-refractivity contribution in [1.82, 2.24) is 14.5 Å². The van der Waals surface area contributed by atoms with Crippen molar-refractivity contribution in [3.63, 3.8) is 0 Å². The number of aromatic amines is 1. The number of ether oxygens (including phenoxy) is 1. The minimum Gasteiger partial charge on any atom is -0.394 e. The molecule has 9 heteroatoms. The fourth-order valence-corrected chi connectivity index (χ4v) is 2.22. The Hall–Kier alpha value is -1.84. The highest BCUT2D eigenvalue weighted by Gasteiger charge is 2.59. The average molecular weight is 287 g/mol. The number of alkyl halides is 2. The predicted octanol–water partition coefficient (Wildman–Crippen LogP) is -0.390. The van der Waals surface area contributed by atoms with Gasteiger partial charge < -0.3 is 19.9 Å². The fourth-order valence-electron chi connectivity index (χ4n) is 2.22. The molecule has 0 spiro atoms. The molecule has 0 aromatic carbocycles. The van der Waals surface area contributed by atoms with E-state index in [2.05, 4.69) is 9.97 Å². The summed E-state index contributed by atoms with van der Waals surface area (Å²) >= 11 is 0. The first kappa shape index (κ1) is 13.2. The van der Waals surface area contributed by atoms with Crippen LogP contribution in [-0.4, -0.2) is 49.5 Å². The first-order valence-corrected chi connectivity index (χ1v) is 5.83. The number of aliphatic hydroxyl groups is 2. The van der Waals surface area contributed by atoms with Crippen LogP contribution in [0.2, 0.25) is 0 Å². The zero-order valence-corrected chi connectivity index (χ0v) is 10.0. The molecule has 3 heterocycles. The number of aliphatic hydroxyl groups excluding tert-OH is 2. The Balaban J connectivity index is 2.10. The molecule has 108 valence electrons. The summed E-state index contributed by atoms with van der Waals surface area (Å²) in [5, 5.41) is 18.8. The maximum Gasteiger partial charge on any atom is 0.351 e. The van der Waals surface area contributed by atoms with E-state index in [0.29, 0.717) is 9.95 Å². The zero-order chi connectivity index (χ0) is 14.5. The molecule has 1 aliphatic rings. The van der Waals surface area contributed by atoms with Gasteiger partial charge in [0.25, 0.3) is 0 Å². The lowest BCUT2D eigenvalue weighted by molar-refractivity contribution is -0.140. The molecule has 1 saturated heterocycles. The predicted molar refractivity (Wildman–Crippen MR) is 62.3 cm³/mol. The fraction of sp³-hybridized carbons (Fsp3) is 0.455. The van der Waals surface area contributed by atoms with E-state index in [9.17, 15) is 18.7 Å². The Morgan fingerprint density at radius 1 is 1.55 bits per heavy atom. The quantitative estimate of drug-likeness (QED) is 0.698. The largest absolute Gasteiger partial charge is 0.394 e. The van der Waals surface area contributed by atoms with Gasteiger partial charge in [-0.25, -0.2) is 4.79 Å². The van der Waals surface area contributed by atoms with E-state index >= 15 is 0 Å². The van der Waals surface area contributed by atoms with E-state index in [1.807, 2.05) is 0 Å². The van der Waals surface area contributed by atoms with Crippen LogP contribution in [-0.2, 0) is 4.74 Å². The summed E-state index contributed by atoms with van der Waals surface area (Å²) in [4.78, 5) is 18.1. The molecule has 3 rings (SSSR count). The van der Waals surface area contributed by atoms with Crippen LogP contribution in [0.1, 0.15) is 6.23 Å². The highest BCUT2D eigenvalue weighted by Crippen LogP contribution is 2.42. The monoisotopic (exact) mass is 287 g/mol. The van der Waals surface area contributed by atoms with Gasteiger partial charge in [-0.15, -0.1) is 0 Å². The number of nitrogens with zero attached hydrogens (tertiary/aromatic N) is 2. The van der Waals surface area contributed by atoms with E-state index in [0.717, 1.165) is 0 Å². The minimum absolute atomic E-state index is 0.270.